The Morgan fingerprint density at radius 2 is 1.15 bits per heavy atom. The largest absolute Gasteiger partial charge is 0.485 e. The van der Waals surface area contributed by atoms with Crippen molar-refractivity contribution >= 4 is 12.2 Å². The van der Waals surface area contributed by atoms with E-state index in [1.165, 1.54) is 0 Å². The Bertz CT molecular complexity index is 1970. The number of aromatic nitrogens is 4. The SMILES string of the molecule is C1=c2cccnc2=CC2Oc3cc(-c4ccccc4)cc(-c4nc(-c5ccccc5)nc(-c5ccccc5)n4)c3C12. The summed E-state index contributed by atoms with van der Waals surface area (Å²) < 4.78 is 6.62. The Balaban J connectivity index is 1.40. The van der Waals surface area contributed by atoms with Gasteiger partial charge in [0.15, 0.2) is 17.5 Å². The van der Waals surface area contributed by atoms with Crippen LogP contribution in [0.5, 0.6) is 5.75 Å². The fourth-order valence-electron chi connectivity index (χ4n) is 5.74. The molecule has 0 bridgehead atoms. The van der Waals surface area contributed by atoms with Crippen molar-refractivity contribution in [3.8, 4) is 51.0 Å². The summed E-state index contributed by atoms with van der Waals surface area (Å²) in [6.45, 7) is 0. The number of ether oxygens (including phenoxy) is 1. The van der Waals surface area contributed by atoms with Gasteiger partial charge in [-0.05, 0) is 40.6 Å². The minimum Gasteiger partial charge on any atom is -0.485 e. The second-order valence-corrected chi connectivity index (χ2v) is 10.3. The lowest BCUT2D eigenvalue weighted by Crippen LogP contribution is -2.36. The molecule has 2 atom stereocenters. The van der Waals surface area contributed by atoms with Gasteiger partial charge in [-0.25, -0.2) is 15.0 Å². The van der Waals surface area contributed by atoms with Gasteiger partial charge in [0.25, 0.3) is 0 Å². The molecule has 2 unspecified atom stereocenters. The van der Waals surface area contributed by atoms with E-state index in [1.54, 1.807) is 0 Å². The quantitative estimate of drug-likeness (QED) is 0.279. The lowest BCUT2D eigenvalue weighted by molar-refractivity contribution is 0.288. The number of hydrogen-bond donors (Lipinski definition) is 0. The van der Waals surface area contributed by atoms with Crippen molar-refractivity contribution in [2.24, 2.45) is 0 Å². The average Bonchev–Trinajstić information content (AvgIpc) is 3.41. The first-order valence-electron chi connectivity index (χ1n) is 13.7. The highest BCUT2D eigenvalue weighted by Crippen LogP contribution is 2.48. The molecular formula is C36H24N4O. The summed E-state index contributed by atoms with van der Waals surface area (Å²) in [7, 11) is 0. The zero-order valence-corrected chi connectivity index (χ0v) is 22.1. The molecule has 3 heterocycles. The topological polar surface area (TPSA) is 60.8 Å². The normalized spacial score (nSPS) is 16.4. The molecule has 1 aliphatic heterocycles. The maximum Gasteiger partial charge on any atom is 0.164 e. The minimum atomic E-state index is -0.152. The van der Waals surface area contributed by atoms with Crippen molar-refractivity contribution in [3.05, 3.63) is 138 Å². The van der Waals surface area contributed by atoms with E-state index in [0.717, 1.165) is 49.7 Å². The number of fused-ring (bicyclic) bond motifs is 4. The van der Waals surface area contributed by atoms with Gasteiger partial charge in [0.1, 0.15) is 11.9 Å². The van der Waals surface area contributed by atoms with E-state index in [2.05, 4.69) is 59.6 Å². The van der Waals surface area contributed by atoms with Crippen LogP contribution in [0.4, 0.5) is 0 Å². The molecule has 0 spiro atoms. The highest BCUT2D eigenvalue weighted by Gasteiger charge is 2.37. The molecule has 1 aliphatic carbocycles. The van der Waals surface area contributed by atoms with E-state index in [4.69, 9.17) is 19.7 Å². The minimum absolute atomic E-state index is 0.0126. The summed E-state index contributed by atoms with van der Waals surface area (Å²) in [5.41, 5.74) is 6.07. The van der Waals surface area contributed by atoms with Crippen molar-refractivity contribution < 1.29 is 4.74 Å². The molecule has 41 heavy (non-hydrogen) atoms. The van der Waals surface area contributed by atoms with Gasteiger partial charge in [-0.2, -0.15) is 0 Å². The number of nitrogens with zero attached hydrogens (tertiary/aromatic N) is 4. The van der Waals surface area contributed by atoms with Crippen LogP contribution in [0.2, 0.25) is 0 Å². The molecule has 0 saturated heterocycles. The molecule has 4 aromatic carbocycles. The van der Waals surface area contributed by atoms with Crippen molar-refractivity contribution in [1.29, 1.82) is 0 Å². The first kappa shape index (κ1) is 23.5. The lowest BCUT2D eigenvalue weighted by Gasteiger charge is -2.17. The Labute approximate surface area is 237 Å². The summed E-state index contributed by atoms with van der Waals surface area (Å²) in [5.74, 6) is 2.76. The van der Waals surface area contributed by atoms with Crippen LogP contribution >= 0.6 is 0 Å². The van der Waals surface area contributed by atoms with Crippen LogP contribution in [0.3, 0.4) is 0 Å². The molecule has 0 amide bonds. The molecule has 8 rings (SSSR count). The fourth-order valence-corrected chi connectivity index (χ4v) is 5.74. The highest BCUT2D eigenvalue weighted by molar-refractivity contribution is 5.81. The van der Waals surface area contributed by atoms with Crippen molar-refractivity contribution in [2.45, 2.75) is 12.0 Å². The van der Waals surface area contributed by atoms with Gasteiger partial charge >= 0.3 is 0 Å². The second kappa shape index (κ2) is 9.65. The van der Waals surface area contributed by atoms with Gasteiger partial charge in [0, 0.05) is 34.4 Å². The molecular weight excluding hydrogens is 504 g/mol. The molecule has 0 radical (unpaired) electrons. The Kier molecular flexibility index (Phi) is 5.52. The number of hydrogen-bond acceptors (Lipinski definition) is 5. The van der Waals surface area contributed by atoms with Gasteiger partial charge in [0.2, 0.25) is 0 Å². The smallest absolute Gasteiger partial charge is 0.164 e. The highest BCUT2D eigenvalue weighted by atomic mass is 16.5. The summed E-state index contributed by atoms with van der Waals surface area (Å²) >= 11 is 0. The standard InChI is InChI=1S/C36H24N4O/c1-4-11-23(12-5-1)27-20-29(33-28-19-26-17-10-18-37-30(26)22-31(28)41-32(33)21-27)36-39-34(24-13-6-2-7-14-24)38-35(40-36)25-15-8-3-9-16-25/h1-22,28,31H. The summed E-state index contributed by atoms with van der Waals surface area (Å²) in [6, 6.07) is 38.9. The molecule has 0 saturated carbocycles. The average molecular weight is 529 g/mol. The van der Waals surface area contributed by atoms with Gasteiger partial charge in [0.05, 0.1) is 5.35 Å². The van der Waals surface area contributed by atoms with Crippen LogP contribution in [-0.4, -0.2) is 26.0 Å². The van der Waals surface area contributed by atoms with Crippen molar-refractivity contribution in [1.82, 2.24) is 19.9 Å². The predicted octanol–water partition coefficient (Wildman–Crippen LogP) is 6.05. The number of rotatable bonds is 4. The van der Waals surface area contributed by atoms with E-state index in [0.29, 0.717) is 17.5 Å². The number of benzene rings is 4. The Morgan fingerprint density at radius 1 is 0.537 bits per heavy atom. The Morgan fingerprint density at radius 3 is 1.80 bits per heavy atom. The second-order valence-electron chi connectivity index (χ2n) is 10.3. The van der Waals surface area contributed by atoms with E-state index < -0.39 is 0 Å². The number of pyridine rings is 1. The molecule has 0 fully saturated rings. The van der Waals surface area contributed by atoms with E-state index >= 15 is 0 Å². The van der Waals surface area contributed by atoms with Crippen molar-refractivity contribution in [2.75, 3.05) is 0 Å². The van der Waals surface area contributed by atoms with Gasteiger partial charge in [-0.3, -0.25) is 4.98 Å². The van der Waals surface area contributed by atoms with Crippen LogP contribution in [0.1, 0.15) is 11.5 Å². The first-order valence-corrected chi connectivity index (χ1v) is 13.7. The van der Waals surface area contributed by atoms with Gasteiger partial charge in [-0.1, -0.05) is 103 Å². The van der Waals surface area contributed by atoms with Gasteiger partial charge in [-0.15, -0.1) is 0 Å². The lowest BCUT2D eigenvalue weighted by atomic mass is 9.86. The zero-order valence-electron chi connectivity index (χ0n) is 22.1. The summed E-state index contributed by atoms with van der Waals surface area (Å²) in [6.07, 6.45) is 6.07. The third kappa shape index (κ3) is 4.19. The van der Waals surface area contributed by atoms with Gasteiger partial charge < -0.3 is 4.74 Å². The van der Waals surface area contributed by atoms with Crippen molar-refractivity contribution in [3.63, 3.8) is 0 Å². The van der Waals surface area contributed by atoms with E-state index in [-0.39, 0.29) is 12.0 Å². The van der Waals surface area contributed by atoms with Crippen LogP contribution in [-0.2, 0) is 0 Å². The van der Waals surface area contributed by atoms with Crippen LogP contribution in [0.25, 0.3) is 57.4 Å². The predicted molar refractivity (Wildman–Crippen MR) is 161 cm³/mol. The molecule has 194 valence electrons. The molecule has 5 nitrogen and oxygen atoms in total. The Hall–Kier alpha value is -5.42. The maximum atomic E-state index is 6.62. The molecule has 5 heteroatoms. The molecule has 6 aromatic rings. The molecule has 0 N–H and O–H groups in total. The fraction of sp³-hybridized carbons (Fsp3) is 0.0556. The van der Waals surface area contributed by atoms with Crippen LogP contribution in [0, 0.1) is 0 Å². The summed E-state index contributed by atoms with van der Waals surface area (Å²) in [5, 5.41) is 2.05. The maximum absolute atomic E-state index is 6.62. The summed E-state index contributed by atoms with van der Waals surface area (Å²) in [4.78, 5) is 19.6. The van der Waals surface area contributed by atoms with Crippen LogP contribution in [0.15, 0.2) is 121 Å². The van der Waals surface area contributed by atoms with E-state index in [9.17, 15) is 0 Å². The molecule has 2 aromatic heterocycles. The third-order valence-electron chi connectivity index (χ3n) is 7.69. The molecule has 2 aliphatic rings. The monoisotopic (exact) mass is 528 g/mol. The zero-order chi connectivity index (χ0) is 27.2. The third-order valence-corrected chi connectivity index (χ3v) is 7.69. The van der Waals surface area contributed by atoms with E-state index in [1.807, 2.05) is 79.0 Å². The first-order chi connectivity index (χ1) is 20.3. The van der Waals surface area contributed by atoms with Crippen LogP contribution < -0.4 is 15.3 Å².